The third kappa shape index (κ3) is 3.29. The van der Waals surface area contributed by atoms with Crippen molar-refractivity contribution in [1.29, 1.82) is 0 Å². The molecule has 0 fully saturated rings. The summed E-state index contributed by atoms with van der Waals surface area (Å²) >= 11 is 0. The van der Waals surface area contributed by atoms with Gasteiger partial charge in [0.1, 0.15) is 11.5 Å². The topological polar surface area (TPSA) is 72.7 Å². The van der Waals surface area contributed by atoms with E-state index in [4.69, 9.17) is 5.11 Å². The minimum Gasteiger partial charge on any atom is -0.507 e. The van der Waals surface area contributed by atoms with Gasteiger partial charge in [-0.2, -0.15) is 0 Å². The van der Waals surface area contributed by atoms with Crippen molar-refractivity contribution in [3.8, 4) is 11.5 Å². The van der Waals surface area contributed by atoms with Crippen molar-refractivity contribution in [2.75, 3.05) is 0 Å². The zero-order valence-electron chi connectivity index (χ0n) is 11.4. The van der Waals surface area contributed by atoms with Crippen LogP contribution in [0.15, 0.2) is 42.5 Å². The Balaban J connectivity index is 2.06. The highest BCUT2D eigenvalue weighted by molar-refractivity contribution is 5.44. The molecule has 0 saturated heterocycles. The number of aliphatic hydroxyl groups is 1. The maximum absolute atomic E-state index is 9.81. The quantitative estimate of drug-likeness (QED) is 0.675. The van der Waals surface area contributed by atoms with Gasteiger partial charge in [0.15, 0.2) is 0 Å². The van der Waals surface area contributed by atoms with E-state index in [9.17, 15) is 10.2 Å². The summed E-state index contributed by atoms with van der Waals surface area (Å²) in [6, 6.07) is 12.2. The van der Waals surface area contributed by atoms with Crippen LogP contribution in [0.25, 0.3) is 0 Å². The van der Waals surface area contributed by atoms with Gasteiger partial charge in [-0.1, -0.05) is 30.3 Å². The lowest BCUT2D eigenvalue weighted by atomic mass is 10.1. The number of hydrogen-bond acceptors (Lipinski definition) is 4. The lowest BCUT2D eigenvalue weighted by Crippen LogP contribution is -2.18. The molecular formula is C16H19NO3. The third-order valence-electron chi connectivity index (χ3n) is 3.28. The molecule has 0 radical (unpaired) electrons. The molecule has 4 heteroatoms. The Morgan fingerprint density at radius 1 is 1.00 bits per heavy atom. The Hall–Kier alpha value is -2.04. The van der Waals surface area contributed by atoms with Gasteiger partial charge in [0.2, 0.25) is 0 Å². The summed E-state index contributed by atoms with van der Waals surface area (Å²) in [6.45, 7) is 2.48. The number of hydrogen-bond donors (Lipinski definition) is 4. The van der Waals surface area contributed by atoms with Gasteiger partial charge in [0.05, 0.1) is 12.2 Å². The summed E-state index contributed by atoms with van der Waals surface area (Å²) in [5.74, 6) is 0.156. The molecular weight excluding hydrogens is 254 g/mol. The maximum atomic E-state index is 9.81. The van der Waals surface area contributed by atoms with Crippen LogP contribution in [0, 0.1) is 0 Å². The predicted molar refractivity (Wildman–Crippen MR) is 77.4 cm³/mol. The van der Waals surface area contributed by atoms with Crippen LogP contribution in [0.3, 0.4) is 0 Å². The van der Waals surface area contributed by atoms with Crippen molar-refractivity contribution in [1.82, 2.24) is 5.32 Å². The first kappa shape index (κ1) is 14.4. The van der Waals surface area contributed by atoms with Crippen LogP contribution < -0.4 is 5.32 Å². The van der Waals surface area contributed by atoms with Crippen LogP contribution >= 0.6 is 0 Å². The first-order valence-corrected chi connectivity index (χ1v) is 6.54. The van der Waals surface area contributed by atoms with E-state index in [2.05, 4.69) is 5.32 Å². The second-order valence-electron chi connectivity index (χ2n) is 4.79. The molecule has 0 aliphatic heterocycles. The smallest absolute Gasteiger partial charge is 0.124 e. The monoisotopic (exact) mass is 273 g/mol. The molecule has 4 N–H and O–H groups in total. The van der Waals surface area contributed by atoms with Crippen molar-refractivity contribution < 1.29 is 15.3 Å². The fraction of sp³-hybridized carbons (Fsp3) is 0.250. The lowest BCUT2D eigenvalue weighted by Gasteiger charge is -2.17. The first-order chi connectivity index (χ1) is 9.61. The molecule has 0 amide bonds. The third-order valence-corrected chi connectivity index (χ3v) is 3.28. The summed E-state index contributed by atoms with van der Waals surface area (Å²) in [7, 11) is 0. The number of nitrogens with one attached hydrogen (secondary N) is 1. The lowest BCUT2D eigenvalue weighted by molar-refractivity contribution is 0.281. The van der Waals surface area contributed by atoms with Crippen molar-refractivity contribution in [2.24, 2.45) is 0 Å². The molecule has 2 rings (SSSR count). The number of phenols is 2. The van der Waals surface area contributed by atoms with E-state index in [-0.39, 0.29) is 24.1 Å². The van der Waals surface area contributed by atoms with Crippen molar-refractivity contribution in [3.63, 3.8) is 0 Å². The van der Waals surface area contributed by atoms with E-state index < -0.39 is 0 Å². The van der Waals surface area contributed by atoms with Gasteiger partial charge >= 0.3 is 0 Å². The van der Waals surface area contributed by atoms with E-state index in [1.165, 1.54) is 0 Å². The molecule has 0 saturated carbocycles. The normalized spacial score (nSPS) is 12.3. The summed E-state index contributed by atoms with van der Waals surface area (Å²) in [5, 5.41) is 32.0. The van der Waals surface area contributed by atoms with E-state index in [1.54, 1.807) is 18.2 Å². The Bertz CT molecular complexity index is 563. The van der Waals surface area contributed by atoms with E-state index in [1.807, 2.05) is 31.2 Å². The van der Waals surface area contributed by atoms with Crippen molar-refractivity contribution in [3.05, 3.63) is 59.2 Å². The van der Waals surface area contributed by atoms with Gasteiger partial charge in [0, 0.05) is 12.6 Å². The number of aliphatic hydroxyl groups excluding tert-OH is 1. The molecule has 0 aliphatic carbocycles. The largest absolute Gasteiger partial charge is 0.507 e. The fourth-order valence-corrected chi connectivity index (χ4v) is 2.20. The molecule has 20 heavy (non-hydrogen) atoms. The van der Waals surface area contributed by atoms with Gasteiger partial charge < -0.3 is 20.6 Å². The van der Waals surface area contributed by atoms with Crippen LogP contribution in [-0.2, 0) is 13.2 Å². The molecule has 2 aromatic carbocycles. The number of benzene rings is 2. The van der Waals surface area contributed by atoms with Crippen LogP contribution in [0.5, 0.6) is 11.5 Å². The minimum absolute atomic E-state index is 0.0175. The first-order valence-electron chi connectivity index (χ1n) is 6.54. The highest BCUT2D eigenvalue weighted by Crippen LogP contribution is 2.32. The van der Waals surface area contributed by atoms with Crippen molar-refractivity contribution >= 4 is 0 Å². The van der Waals surface area contributed by atoms with Crippen LogP contribution in [-0.4, -0.2) is 15.3 Å². The van der Waals surface area contributed by atoms with E-state index in [0.29, 0.717) is 12.1 Å². The van der Waals surface area contributed by atoms with Gasteiger partial charge in [-0.25, -0.2) is 0 Å². The summed E-state index contributed by atoms with van der Waals surface area (Å²) in [6.07, 6.45) is 0. The van der Waals surface area contributed by atoms with E-state index in [0.717, 1.165) is 11.1 Å². The van der Waals surface area contributed by atoms with Gasteiger partial charge in [0.25, 0.3) is 0 Å². The van der Waals surface area contributed by atoms with Gasteiger partial charge in [-0.05, 0) is 30.2 Å². The summed E-state index contributed by atoms with van der Waals surface area (Å²) in [5.41, 5.74) is 2.39. The minimum atomic E-state index is -0.186. The average molecular weight is 273 g/mol. The van der Waals surface area contributed by atoms with Crippen LogP contribution in [0.1, 0.15) is 29.7 Å². The highest BCUT2D eigenvalue weighted by atomic mass is 16.3. The fourth-order valence-electron chi connectivity index (χ4n) is 2.20. The average Bonchev–Trinajstić information content (AvgIpc) is 2.45. The second-order valence-corrected chi connectivity index (χ2v) is 4.79. The summed E-state index contributed by atoms with van der Waals surface area (Å²) < 4.78 is 0. The number of rotatable bonds is 5. The zero-order chi connectivity index (χ0) is 14.5. The Morgan fingerprint density at radius 2 is 1.60 bits per heavy atom. The molecule has 0 bridgehead atoms. The number of aromatic hydroxyl groups is 2. The van der Waals surface area contributed by atoms with Crippen molar-refractivity contribution in [2.45, 2.75) is 26.1 Å². The molecule has 0 heterocycles. The maximum Gasteiger partial charge on any atom is 0.124 e. The van der Waals surface area contributed by atoms with Gasteiger partial charge in [-0.3, -0.25) is 0 Å². The zero-order valence-corrected chi connectivity index (χ0v) is 11.4. The van der Waals surface area contributed by atoms with E-state index >= 15 is 0 Å². The van der Waals surface area contributed by atoms with Crippen LogP contribution in [0.4, 0.5) is 0 Å². The molecule has 0 aliphatic rings. The SMILES string of the molecule is CC(NCc1cccc(CO)c1)c1c(O)cccc1O. The number of phenolic OH excluding ortho intramolecular Hbond substituents is 2. The predicted octanol–water partition coefficient (Wildman–Crippen LogP) is 2.44. The molecule has 1 unspecified atom stereocenters. The Kier molecular flexibility index (Phi) is 4.61. The van der Waals surface area contributed by atoms with Gasteiger partial charge in [-0.15, -0.1) is 0 Å². The molecule has 0 spiro atoms. The standard InChI is InChI=1S/C16H19NO3/c1-11(16-14(19)6-3-7-15(16)20)17-9-12-4-2-5-13(8-12)10-18/h2-8,11,17-20H,9-10H2,1H3. The Labute approximate surface area is 118 Å². The Morgan fingerprint density at radius 3 is 2.25 bits per heavy atom. The van der Waals surface area contributed by atoms with Crippen LogP contribution in [0.2, 0.25) is 0 Å². The second kappa shape index (κ2) is 6.41. The highest BCUT2D eigenvalue weighted by Gasteiger charge is 2.14. The molecule has 106 valence electrons. The molecule has 1 atom stereocenters. The molecule has 0 aromatic heterocycles. The summed E-state index contributed by atoms with van der Waals surface area (Å²) in [4.78, 5) is 0. The molecule has 2 aromatic rings. The molecule has 4 nitrogen and oxygen atoms in total.